The molecular formula is C22H25NO4. The summed E-state index contributed by atoms with van der Waals surface area (Å²) < 4.78 is 4.97. The monoisotopic (exact) mass is 367 g/mol. The molecule has 0 aromatic heterocycles. The van der Waals surface area contributed by atoms with E-state index in [0.29, 0.717) is 11.3 Å². The lowest BCUT2D eigenvalue weighted by Crippen LogP contribution is -2.21. The van der Waals surface area contributed by atoms with Gasteiger partial charge in [-0.1, -0.05) is 23.8 Å². The van der Waals surface area contributed by atoms with E-state index in [1.54, 1.807) is 0 Å². The zero-order chi connectivity index (χ0) is 20.0. The molecule has 0 aliphatic carbocycles. The third-order valence-corrected chi connectivity index (χ3v) is 4.12. The van der Waals surface area contributed by atoms with Crippen molar-refractivity contribution in [2.75, 3.05) is 11.9 Å². The Morgan fingerprint density at radius 1 is 0.852 bits per heavy atom. The third kappa shape index (κ3) is 6.37. The number of esters is 1. The van der Waals surface area contributed by atoms with E-state index in [1.165, 1.54) is 0 Å². The highest BCUT2D eigenvalue weighted by atomic mass is 16.5. The number of hydrogen-bond donors (Lipinski definition) is 1. The smallest absolute Gasteiger partial charge is 0.306 e. The summed E-state index contributed by atoms with van der Waals surface area (Å²) in [6.07, 6.45) is 0.00483. The van der Waals surface area contributed by atoms with Crippen LogP contribution in [0.4, 0.5) is 5.69 Å². The largest absolute Gasteiger partial charge is 0.456 e. The Bertz CT molecular complexity index is 850. The first-order valence-electron chi connectivity index (χ1n) is 8.89. The minimum atomic E-state index is -0.566. The number of rotatable bonds is 7. The highest BCUT2D eigenvalue weighted by Gasteiger charge is 2.14. The van der Waals surface area contributed by atoms with Gasteiger partial charge in [-0.15, -0.1) is 0 Å². The summed E-state index contributed by atoms with van der Waals surface area (Å²) in [5.41, 5.74) is 5.23. The van der Waals surface area contributed by atoms with E-state index in [2.05, 4.69) is 5.32 Å². The molecule has 0 unspecified atom stereocenters. The van der Waals surface area contributed by atoms with Crippen molar-refractivity contribution in [2.45, 2.75) is 40.5 Å². The standard InChI is InChI=1S/C22H25NO4/c1-14-5-6-17(4)19(12-14)20(24)7-8-22(26)27-13-21(25)23-18-10-15(2)9-16(3)11-18/h5-6,9-12H,7-8,13H2,1-4H3,(H,23,25). The number of ether oxygens (including phenoxy) is 1. The Labute approximate surface area is 159 Å². The molecule has 1 N–H and O–H groups in total. The number of Topliss-reactive ketones (excluding diaryl/α,β-unsaturated/α-hetero) is 1. The number of benzene rings is 2. The molecule has 0 aliphatic heterocycles. The predicted octanol–water partition coefficient (Wildman–Crippen LogP) is 4.07. The Kier molecular flexibility index (Phi) is 6.88. The summed E-state index contributed by atoms with van der Waals surface area (Å²) in [6.45, 7) is 7.29. The fourth-order valence-electron chi connectivity index (χ4n) is 2.85. The van der Waals surface area contributed by atoms with Gasteiger partial charge in [-0.25, -0.2) is 0 Å². The molecule has 0 saturated heterocycles. The fourth-order valence-corrected chi connectivity index (χ4v) is 2.85. The van der Waals surface area contributed by atoms with E-state index in [-0.39, 0.29) is 25.2 Å². The van der Waals surface area contributed by atoms with Crippen LogP contribution in [0.5, 0.6) is 0 Å². The maximum atomic E-state index is 12.3. The minimum absolute atomic E-state index is 0.0525. The first-order valence-corrected chi connectivity index (χ1v) is 8.89. The van der Waals surface area contributed by atoms with Crippen molar-refractivity contribution in [3.63, 3.8) is 0 Å². The summed E-state index contributed by atoms with van der Waals surface area (Å²) in [7, 11) is 0. The molecule has 0 radical (unpaired) electrons. The Morgan fingerprint density at radius 2 is 1.52 bits per heavy atom. The van der Waals surface area contributed by atoms with Crippen molar-refractivity contribution in [3.05, 3.63) is 64.2 Å². The zero-order valence-corrected chi connectivity index (χ0v) is 16.2. The van der Waals surface area contributed by atoms with Crippen molar-refractivity contribution in [3.8, 4) is 0 Å². The van der Waals surface area contributed by atoms with Crippen molar-refractivity contribution >= 4 is 23.3 Å². The molecule has 5 heteroatoms. The van der Waals surface area contributed by atoms with Gasteiger partial charge in [0.15, 0.2) is 12.4 Å². The summed E-state index contributed by atoms with van der Waals surface area (Å²) >= 11 is 0. The van der Waals surface area contributed by atoms with Crippen LogP contribution in [0.3, 0.4) is 0 Å². The molecule has 0 spiro atoms. The molecule has 5 nitrogen and oxygen atoms in total. The van der Waals surface area contributed by atoms with Crippen molar-refractivity contribution in [1.82, 2.24) is 0 Å². The lowest BCUT2D eigenvalue weighted by atomic mass is 9.99. The molecule has 0 aliphatic rings. The van der Waals surface area contributed by atoms with Crippen LogP contribution < -0.4 is 5.32 Å². The molecule has 0 atom stereocenters. The van der Waals surface area contributed by atoms with Crippen molar-refractivity contribution < 1.29 is 19.1 Å². The second-order valence-corrected chi connectivity index (χ2v) is 6.83. The third-order valence-electron chi connectivity index (χ3n) is 4.12. The average Bonchev–Trinajstić information content (AvgIpc) is 2.59. The highest BCUT2D eigenvalue weighted by molar-refractivity contribution is 5.99. The van der Waals surface area contributed by atoms with Gasteiger partial charge in [0.2, 0.25) is 0 Å². The first-order chi connectivity index (χ1) is 12.7. The molecule has 2 rings (SSSR count). The first kappa shape index (κ1) is 20.4. The second-order valence-electron chi connectivity index (χ2n) is 6.83. The van der Waals surface area contributed by atoms with E-state index in [0.717, 1.165) is 22.3 Å². The number of carbonyl (C=O) groups is 3. The molecule has 0 heterocycles. The summed E-state index contributed by atoms with van der Waals surface area (Å²) in [5, 5.41) is 2.70. The number of aryl methyl sites for hydroxylation is 4. The lowest BCUT2D eigenvalue weighted by Gasteiger charge is -2.09. The highest BCUT2D eigenvalue weighted by Crippen LogP contribution is 2.15. The predicted molar refractivity (Wildman–Crippen MR) is 105 cm³/mol. The molecule has 27 heavy (non-hydrogen) atoms. The van der Waals surface area contributed by atoms with E-state index < -0.39 is 11.9 Å². The van der Waals surface area contributed by atoms with E-state index >= 15 is 0 Å². The fraction of sp³-hybridized carbons (Fsp3) is 0.318. The van der Waals surface area contributed by atoms with Crippen molar-refractivity contribution in [1.29, 1.82) is 0 Å². The summed E-state index contributed by atoms with van der Waals surface area (Å²) in [4.78, 5) is 36.0. The van der Waals surface area contributed by atoms with Gasteiger partial charge in [-0.05, 0) is 62.6 Å². The molecular weight excluding hydrogens is 342 g/mol. The topological polar surface area (TPSA) is 72.5 Å². The van der Waals surface area contributed by atoms with Crippen LogP contribution in [-0.4, -0.2) is 24.3 Å². The number of carbonyl (C=O) groups excluding carboxylic acids is 3. The molecule has 2 aromatic carbocycles. The molecule has 0 fully saturated rings. The molecule has 2 aromatic rings. The van der Waals surface area contributed by atoms with Crippen molar-refractivity contribution in [2.24, 2.45) is 0 Å². The Balaban J connectivity index is 1.79. The Hall–Kier alpha value is -2.95. The van der Waals surface area contributed by atoms with Gasteiger partial charge in [-0.2, -0.15) is 0 Å². The molecule has 142 valence electrons. The maximum Gasteiger partial charge on any atom is 0.306 e. The van der Waals surface area contributed by atoms with E-state index in [4.69, 9.17) is 4.74 Å². The summed E-state index contributed by atoms with van der Waals surface area (Å²) in [5.74, 6) is -1.08. The SMILES string of the molecule is Cc1cc(C)cc(NC(=O)COC(=O)CCC(=O)c2cc(C)ccc2C)c1. The minimum Gasteiger partial charge on any atom is -0.456 e. The number of ketones is 1. The molecule has 1 amide bonds. The molecule has 0 bridgehead atoms. The van der Waals surface area contributed by atoms with Gasteiger partial charge in [0.1, 0.15) is 0 Å². The van der Waals surface area contributed by atoms with Crippen LogP contribution in [0.25, 0.3) is 0 Å². The second kappa shape index (κ2) is 9.12. The van der Waals surface area contributed by atoms with Gasteiger partial charge in [0, 0.05) is 17.7 Å². The Morgan fingerprint density at radius 3 is 2.19 bits per heavy atom. The number of hydrogen-bond acceptors (Lipinski definition) is 4. The number of amides is 1. The maximum absolute atomic E-state index is 12.3. The zero-order valence-electron chi connectivity index (χ0n) is 16.2. The van der Waals surface area contributed by atoms with E-state index in [1.807, 2.05) is 64.1 Å². The van der Waals surface area contributed by atoms with Gasteiger partial charge in [0.25, 0.3) is 5.91 Å². The van der Waals surface area contributed by atoms with Gasteiger partial charge in [-0.3, -0.25) is 14.4 Å². The molecule has 0 saturated carbocycles. The number of nitrogens with one attached hydrogen (secondary N) is 1. The average molecular weight is 367 g/mol. The van der Waals surface area contributed by atoms with Crippen LogP contribution in [0.2, 0.25) is 0 Å². The quantitative estimate of drug-likeness (QED) is 0.591. The van der Waals surface area contributed by atoms with E-state index in [9.17, 15) is 14.4 Å². The van der Waals surface area contributed by atoms with Crippen LogP contribution in [0.15, 0.2) is 36.4 Å². The van der Waals surface area contributed by atoms with Crippen LogP contribution in [0.1, 0.15) is 45.5 Å². The van der Waals surface area contributed by atoms with Gasteiger partial charge < -0.3 is 10.1 Å². The van der Waals surface area contributed by atoms with Crippen LogP contribution >= 0.6 is 0 Å². The van der Waals surface area contributed by atoms with Gasteiger partial charge >= 0.3 is 5.97 Å². The van der Waals surface area contributed by atoms with Gasteiger partial charge in [0.05, 0.1) is 6.42 Å². The number of anilines is 1. The lowest BCUT2D eigenvalue weighted by molar-refractivity contribution is -0.147. The normalized spacial score (nSPS) is 10.4. The van der Waals surface area contributed by atoms with Crippen LogP contribution in [0, 0.1) is 27.7 Å². The summed E-state index contributed by atoms with van der Waals surface area (Å²) in [6, 6.07) is 11.3. The van der Waals surface area contributed by atoms with Crippen LogP contribution in [-0.2, 0) is 14.3 Å².